The summed E-state index contributed by atoms with van der Waals surface area (Å²) in [5.41, 5.74) is -1.19. The van der Waals surface area contributed by atoms with Crippen LogP contribution in [0.2, 0.25) is 0 Å². The Hall–Kier alpha value is -2.51. The third-order valence-electron chi connectivity index (χ3n) is 2.84. The lowest BCUT2D eigenvalue weighted by Crippen LogP contribution is -2.20. The number of hydrogen-bond donors (Lipinski definition) is 0. The number of carbonyl (C=O) groups is 1. The van der Waals surface area contributed by atoms with Gasteiger partial charge in [-0.25, -0.2) is 4.79 Å². The maximum absolute atomic E-state index is 13.2. The molecule has 0 aromatic carbocycles. The molecule has 0 bridgehead atoms. The van der Waals surface area contributed by atoms with E-state index >= 15 is 0 Å². The van der Waals surface area contributed by atoms with Gasteiger partial charge in [-0.05, 0) is 31.1 Å². The molecule has 0 aromatic heterocycles. The second-order valence-electron chi connectivity index (χ2n) is 4.57. The average molecular weight is 345 g/mol. The summed E-state index contributed by atoms with van der Waals surface area (Å²) in [5, 5.41) is 3.75. The molecule has 132 valence electrons. The SMILES string of the molecule is CO/C=C(C(=O)OC)\C(=C/CC/C=C/C1=NOCC=C1)C(F)(F)F. The van der Waals surface area contributed by atoms with Crippen molar-refractivity contribution in [2.24, 2.45) is 5.16 Å². The first-order valence-corrected chi connectivity index (χ1v) is 7.02. The molecule has 0 atom stereocenters. The Balaban J connectivity index is 2.81. The lowest BCUT2D eigenvalue weighted by molar-refractivity contribution is -0.138. The molecule has 1 aliphatic rings. The molecule has 24 heavy (non-hydrogen) atoms. The second kappa shape index (κ2) is 9.59. The Morgan fingerprint density at radius 2 is 2.12 bits per heavy atom. The van der Waals surface area contributed by atoms with Crippen molar-refractivity contribution in [2.45, 2.75) is 19.0 Å². The lowest BCUT2D eigenvalue weighted by Gasteiger charge is -2.13. The number of halogens is 3. The monoisotopic (exact) mass is 345 g/mol. The Bertz CT molecular complexity index is 587. The minimum absolute atomic E-state index is 0.0707. The van der Waals surface area contributed by atoms with E-state index in [2.05, 4.69) is 14.6 Å². The highest BCUT2D eigenvalue weighted by Gasteiger charge is 2.38. The molecule has 0 unspecified atom stereocenters. The summed E-state index contributed by atoms with van der Waals surface area (Å²) in [6.07, 6.45) is 4.17. The number of rotatable bonds is 7. The third kappa shape index (κ3) is 6.31. The fourth-order valence-electron chi connectivity index (χ4n) is 1.80. The normalized spacial score (nSPS) is 16.0. The zero-order valence-electron chi connectivity index (χ0n) is 13.3. The van der Waals surface area contributed by atoms with E-state index in [9.17, 15) is 18.0 Å². The van der Waals surface area contributed by atoms with E-state index in [0.29, 0.717) is 18.7 Å². The van der Waals surface area contributed by atoms with Gasteiger partial charge in [0.2, 0.25) is 0 Å². The number of hydrogen-bond acceptors (Lipinski definition) is 5. The maximum Gasteiger partial charge on any atom is 0.417 e. The van der Waals surface area contributed by atoms with Crippen molar-refractivity contribution in [3.63, 3.8) is 0 Å². The van der Waals surface area contributed by atoms with Crippen LogP contribution in [-0.2, 0) is 19.1 Å². The van der Waals surface area contributed by atoms with Crippen LogP contribution < -0.4 is 0 Å². The number of allylic oxidation sites excluding steroid dienone is 4. The molecule has 0 saturated heterocycles. The number of nitrogens with zero attached hydrogens (tertiary/aromatic N) is 1. The van der Waals surface area contributed by atoms with E-state index in [0.717, 1.165) is 26.6 Å². The predicted octanol–water partition coefficient (Wildman–Crippen LogP) is 3.46. The maximum atomic E-state index is 13.2. The first-order chi connectivity index (χ1) is 11.4. The van der Waals surface area contributed by atoms with Crippen LogP contribution in [0.25, 0.3) is 0 Å². The molecular formula is C16H18F3NO4. The van der Waals surface area contributed by atoms with E-state index in [4.69, 9.17) is 4.84 Å². The Morgan fingerprint density at radius 3 is 2.67 bits per heavy atom. The molecule has 0 saturated carbocycles. The number of carbonyl (C=O) groups excluding carboxylic acids is 1. The first-order valence-electron chi connectivity index (χ1n) is 7.02. The van der Waals surface area contributed by atoms with Gasteiger partial charge in [0.25, 0.3) is 0 Å². The number of alkyl halides is 3. The smallest absolute Gasteiger partial charge is 0.417 e. The molecule has 0 amide bonds. The zero-order valence-corrected chi connectivity index (χ0v) is 13.3. The van der Waals surface area contributed by atoms with Gasteiger partial charge in [0.15, 0.2) is 0 Å². The van der Waals surface area contributed by atoms with E-state index in [1.54, 1.807) is 24.3 Å². The van der Waals surface area contributed by atoms with Gasteiger partial charge in [-0.15, -0.1) is 0 Å². The summed E-state index contributed by atoms with van der Waals surface area (Å²) in [4.78, 5) is 16.4. The fraction of sp³-hybridized carbons (Fsp3) is 0.375. The second-order valence-corrected chi connectivity index (χ2v) is 4.57. The summed E-state index contributed by atoms with van der Waals surface area (Å²) >= 11 is 0. The van der Waals surface area contributed by atoms with Gasteiger partial charge in [-0.3, -0.25) is 0 Å². The van der Waals surface area contributed by atoms with Crippen LogP contribution in [0, 0.1) is 0 Å². The van der Waals surface area contributed by atoms with Gasteiger partial charge in [0.05, 0.1) is 26.1 Å². The highest BCUT2D eigenvalue weighted by atomic mass is 19.4. The number of esters is 1. The summed E-state index contributed by atoms with van der Waals surface area (Å²) in [5.74, 6) is -1.12. The van der Waals surface area contributed by atoms with Crippen molar-refractivity contribution in [2.75, 3.05) is 20.8 Å². The number of oxime groups is 1. The van der Waals surface area contributed by atoms with Crippen molar-refractivity contribution in [3.8, 4) is 0 Å². The molecule has 0 aromatic rings. The standard InChI is InChI=1S/C16H18F3NO4/c1-22-11-13(15(21)23-2)14(16(17,18)19)9-5-3-4-7-12-8-6-10-24-20-12/h4,6-9,11H,3,5,10H2,1-2H3/b7-4+,13-11+,14-9+. The minimum atomic E-state index is -4.70. The summed E-state index contributed by atoms with van der Waals surface area (Å²) in [6, 6.07) is 0. The van der Waals surface area contributed by atoms with Crippen LogP contribution in [-0.4, -0.2) is 38.7 Å². The minimum Gasteiger partial charge on any atom is -0.503 e. The van der Waals surface area contributed by atoms with Crippen LogP contribution in [0.1, 0.15) is 12.8 Å². The highest BCUT2D eigenvalue weighted by molar-refractivity contribution is 6.03. The number of unbranched alkanes of at least 4 members (excludes halogenated alkanes) is 1. The quantitative estimate of drug-likeness (QED) is 0.233. The van der Waals surface area contributed by atoms with Crippen LogP contribution in [0.4, 0.5) is 13.2 Å². The van der Waals surface area contributed by atoms with Crippen molar-refractivity contribution in [3.05, 3.63) is 47.8 Å². The summed E-state index contributed by atoms with van der Waals surface area (Å²) in [6.45, 7) is 0.400. The van der Waals surface area contributed by atoms with Gasteiger partial charge < -0.3 is 14.3 Å². The zero-order chi connectivity index (χ0) is 18.0. The Labute approximate surface area is 137 Å². The predicted molar refractivity (Wildman–Crippen MR) is 82.1 cm³/mol. The van der Waals surface area contributed by atoms with Gasteiger partial charge in [0, 0.05) is 0 Å². The third-order valence-corrected chi connectivity index (χ3v) is 2.84. The van der Waals surface area contributed by atoms with Crippen LogP contribution in [0.5, 0.6) is 0 Å². The van der Waals surface area contributed by atoms with Gasteiger partial charge in [-0.1, -0.05) is 17.3 Å². The van der Waals surface area contributed by atoms with E-state index < -0.39 is 23.3 Å². The lowest BCUT2D eigenvalue weighted by atomic mass is 10.0. The van der Waals surface area contributed by atoms with Crippen molar-refractivity contribution in [1.29, 1.82) is 0 Å². The molecular weight excluding hydrogens is 327 g/mol. The van der Waals surface area contributed by atoms with Crippen LogP contribution >= 0.6 is 0 Å². The molecule has 0 radical (unpaired) electrons. The molecule has 1 aliphatic heterocycles. The molecule has 1 rings (SSSR count). The molecule has 0 aliphatic carbocycles. The highest BCUT2D eigenvalue weighted by Crippen LogP contribution is 2.32. The molecule has 1 heterocycles. The number of methoxy groups -OCH3 is 2. The van der Waals surface area contributed by atoms with Crippen LogP contribution in [0.15, 0.2) is 52.9 Å². The largest absolute Gasteiger partial charge is 0.503 e. The topological polar surface area (TPSA) is 57.1 Å². The molecule has 0 fully saturated rings. The molecule has 0 N–H and O–H groups in total. The summed E-state index contributed by atoms with van der Waals surface area (Å²) < 4.78 is 48.4. The van der Waals surface area contributed by atoms with Gasteiger partial charge >= 0.3 is 12.1 Å². The average Bonchev–Trinajstić information content (AvgIpc) is 2.55. The first kappa shape index (κ1) is 19.5. The Kier molecular flexibility index (Phi) is 7.81. The van der Waals surface area contributed by atoms with Gasteiger partial charge in [-0.2, -0.15) is 13.2 Å². The molecule has 0 spiro atoms. The fourth-order valence-corrected chi connectivity index (χ4v) is 1.80. The molecule has 8 heteroatoms. The van der Waals surface area contributed by atoms with E-state index in [-0.39, 0.29) is 6.42 Å². The number of ether oxygens (including phenoxy) is 2. The Morgan fingerprint density at radius 1 is 1.38 bits per heavy atom. The van der Waals surface area contributed by atoms with Crippen molar-refractivity contribution in [1.82, 2.24) is 0 Å². The van der Waals surface area contributed by atoms with E-state index in [1.807, 2.05) is 0 Å². The summed E-state index contributed by atoms with van der Waals surface area (Å²) in [7, 11) is 2.16. The van der Waals surface area contributed by atoms with Crippen LogP contribution in [0.3, 0.4) is 0 Å². The van der Waals surface area contributed by atoms with Crippen molar-refractivity contribution >= 4 is 11.7 Å². The van der Waals surface area contributed by atoms with Crippen molar-refractivity contribution < 1.29 is 32.3 Å². The van der Waals surface area contributed by atoms with Gasteiger partial charge in [0.1, 0.15) is 17.9 Å². The molecule has 5 nitrogen and oxygen atoms in total. The van der Waals surface area contributed by atoms with E-state index in [1.165, 1.54) is 0 Å².